The molecule has 0 amide bonds. The molecule has 3 nitrogen and oxygen atoms in total. The smallest absolute Gasteiger partial charge is 0.0235 e. The number of nitrogens with zero attached hydrogens (tertiary/aromatic N) is 2. The van der Waals surface area contributed by atoms with Crippen LogP contribution in [0.2, 0.25) is 0 Å². The second-order valence-electron chi connectivity index (χ2n) is 5.54. The molecule has 2 saturated heterocycles. The summed E-state index contributed by atoms with van der Waals surface area (Å²) in [6.07, 6.45) is 6.72. The molecular formula is C12H23N3. The molecule has 3 rings (SSSR count). The van der Waals surface area contributed by atoms with Crippen molar-refractivity contribution in [2.45, 2.75) is 50.2 Å². The maximum Gasteiger partial charge on any atom is 0.0235 e. The first-order valence-corrected chi connectivity index (χ1v) is 6.56. The molecule has 1 aliphatic carbocycles. The van der Waals surface area contributed by atoms with E-state index in [9.17, 15) is 0 Å². The van der Waals surface area contributed by atoms with Gasteiger partial charge in [0.25, 0.3) is 0 Å². The molecule has 0 bridgehead atoms. The third-order valence-corrected chi connectivity index (χ3v) is 4.35. The van der Waals surface area contributed by atoms with Gasteiger partial charge in [0, 0.05) is 31.2 Å². The number of hydrogen-bond donors (Lipinski definition) is 1. The van der Waals surface area contributed by atoms with Gasteiger partial charge in [0.1, 0.15) is 0 Å². The van der Waals surface area contributed by atoms with Gasteiger partial charge in [0.05, 0.1) is 0 Å². The van der Waals surface area contributed by atoms with Gasteiger partial charge in [-0.05, 0) is 45.2 Å². The largest absolute Gasteiger partial charge is 0.328 e. The van der Waals surface area contributed by atoms with Gasteiger partial charge in [0.2, 0.25) is 0 Å². The molecule has 1 atom stereocenters. The van der Waals surface area contributed by atoms with E-state index < -0.39 is 0 Å². The van der Waals surface area contributed by atoms with Crippen molar-refractivity contribution in [3.05, 3.63) is 0 Å². The van der Waals surface area contributed by atoms with E-state index in [1.165, 1.54) is 58.3 Å². The summed E-state index contributed by atoms with van der Waals surface area (Å²) < 4.78 is 0. The molecule has 15 heavy (non-hydrogen) atoms. The Balaban J connectivity index is 1.50. The molecule has 2 aliphatic heterocycles. The van der Waals surface area contributed by atoms with Crippen LogP contribution in [-0.2, 0) is 0 Å². The van der Waals surface area contributed by atoms with Crippen LogP contribution in [0.15, 0.2) is 0 Å². The van der Waals surface area contributed by atoms with Crippen molar-refractivity contribution in [2.75, 3.05) is 26.2 Å². The van der Waals surface area contributed by atoms with Crippen molar-refractivity contribution < 1.29 is 0 Å². The molecule has 0 spiro atoms. The number of nitrogens with two attached hydrogens (primary N) is 1. The summed E-state index contributed by atoms with van der Waals surface area (Å²) in [6.45, 7) is 5.16. The van der Waals surface area contributed by atoms with E-state index in [4.69, 9.17) is 5.73 Å². The van der Waals surface area contributed by atoms with E-state index in [1.807, 2.05) is 0 Å². The fraction of sp³-hybridized carbons (Fsp3) is 1.00. The van der Waals surface area contributed by atoms with Crippen LogP contribution < -0.4 is 5.73 Å². The maximum atomic E-state index is 5.94. The van der Waals surface area contributed by atoms with Gasteiger partial charge in [-0.25, -0.2) is 0 Å². The lowest BCUT2D eigenvalue weighted by molar-refractivity contribution is 0.151. The van der Waals surface area contributed by atoms with E-state index in [0.29, 0.717) is 6.04 Å². The summed E-state index contributed by atoms with van der Waals surface area (Å²) in [7, 11) is 0. The van der Waals surface area contributed by atoms with Crippen molar-refractivity contribution >= 4 is 0 Å². The Hall–Kier alpha value is -0.120. The molecule has 86 valence electrons. The third-order valence-electron chi connectivity index (χ3n) is 4.35. The molecule has 0 aromatic carbocycles. The van der Waals surface area contributed by atoms with Gasteiger partial charge in [-0.15, -0.1) is 0 Å². The van der Waals surface area contributed by atoms with E-state index in [2.05, 4.69) is 9.80 Å². The topological polar surface area (TPSA) is 32.5 Å². The monoisotopic (exact) mass is 209 g/mol. The first-order valence-electron chi connectivity index (χ1n) is 6.56. The highest BCUT2D eigenvalue weighted by molar-refractivity contribution is 4.93. The predicted octanol–water partition coefficient (Wildman–Crippen LogP) is 0.646. The Morgan fingerprint density at radius 1 is 0.733 bits per heavy atom. The lowest BCUT2D eigenvalue weighted by Crippen LogP contribution is -2.46. The quantitative estimate of drug-likeness (QED) is 0.724. The number of hydrogen-bond acceptors (Lipinski definition) is 3. The molecule has 0 radical (unpaired) electrons. The maximum absolute atomic E-state index is 5.94. The summed E-state index contributed by atoms with van der Waals surface area (Å²) >= 11 is 0. The van der Waals surface area contributed by atoms with E-state index >= 15 is 0 Å². The summed E-state index contributed by atoms with van der Waals surface area (Å²) in [5, 5.41) is 0. The Morgan fingerprint density at radius 2 is 1.40 bits per heavy atom. The fourth-order valence-corrected chi connectivity index (χ4v) is 3.12. The molecule has 2 heterocycles. The van der Waals surface area contributed by atoms with Crippen molar-refractivity contribution in [2.24, 2.45) is 5.73 Å². The second kappa shape index (κ2) is 4.04. The highest BCUT2D eigenvalue weighted by Crippen LogP contribution is 2.31. The Morgan fingerprint density at radius 3 is 2.07 bits per heavy atom. The Bertz CT molecular complexity index is 219. The number of likely N-dealkylation sites (tertiary alicyclic amines) is 2. The highest BCUT2D eigenvalue weighted by Gasteiger charge is 2.36. The lowest BCUT2D eigenvalue weighted by Gasteiger charge is -2.34. The molecule has 0 aromatic heterocycles. The molecule has 3 fully saturated rings. The molecule has 1 saturated carbocycles. The minimum Gasteiger partial charge on any atom is -0.328 e. The van der Waals surface area contributed by atoms with Crippen molar-refractivity contribution in [1.82, 2.24) is 9.80 Å². The minimum atomic E-state index is 0.474. The van der Waals surface area contributed by atoms with Gasteiger partial charge in [-0.1, -0.05) is 0 Å². The first kappa shape index (κ1) is 10.1. The van der Waals surface area contributed by atoms with Gasteiger partial charge < -0.3 is 5.73 Å². The van der Waals surface area contributed by atoms with Gasteiger partial charge in [-0.3, -0.25) is 9.80 Å². The van der Waals surface area contributed by atoms with Gasteiger partial charge in [0.15, 0.2) is 0 Å². The molecule has 1 unspecified atom stereocenters. The Kier molecular flexibility index (Phi) is 2.71. The fourth-order valence-electron chi connectivity index (χ4n) is 3.12. The van der Waals surface area contributed by atoms with Crippen LogP contribution in [0, 0.1) is 0 Å². The number of piperidine rings is 1. The average Bonchev–Trinajstić information content (AvgIpc) is 2.99. The minimum absolute atomic E-state index is 0.474. The molecule has 3 heteroatoms. The van der Waals surface area contributed by atoms with Gasteiger partial charge in [-0.2, -0.15) is 0 Å². The van der Waals surface area contributed by atoms with Crippen molar-refractivity contribution in [1.29, 1.82) is 0 Å². The van der Waals surface area contributed by atoms with Crippen LogP contribution in [0.3, 0.4) is 0 Å². The number of rotatable bonds is 2. The molecule has 3 aliphatic rings. The summed E-state index contributed by atoms with van der Waals surface area (Å²) in [6, 6.07) is 2.28. The zero-order chi connectivity index (χ0) is 10.3. The zero-order valence-electron chi connectivity index (χ0n) is 9.57. The van der Waals surface area contributed by atoms with Gasteiger partial charge >= 0.3 is 0 Å². The standard InChI is InChI=1S/C12H23N3/c13-10-3-6-14(7-4-10)12-5-8-15(9-12)11-1-2-11/h10-12H,1-9,13H2. The van der Waals surface area contributed by atoms with Crippen LogP contribution in [0.1, 0.15) is 32.1 Å². The second-order valence-corrected chi connectivity index (χ2v) is 5.54. The summed E-state index contributed by atoms with van der Waals surface area (Å²) in [5.41, 5.74) is 5.94. The lowest BCUT2D eigenvalue weighted by atomic mass is 10.0. The summed E-state index contributed by atoms with van der Waals surface area (Å²) in [5.74, 6) is 0. The highest BCUT2D eigenvalue weighted by atomic mass is 15.3. The van der Waals surface area contributed by atoms with E-state index in [1.54, 1.807) is 0 Å². The first-order chi connectivity index (χ1) is 7.33. The third kappa shape index (κ3) is 2.19. The SMILES string of the molecule is NC1CCN(C2CCN(C3CC3)C2)CC1. The predicted molar refractivity (Wildman–Crippen MR) is 61.8 cm³/mol. The molecule has 0 aromatic rings. The van der Waals surface area contributed by atoms with Crippen LogP contribution in [0.5, 0.6) is 0 Å². The van der Waals surface area contributed by atoms with E-state index in [-0.39, 0.29) is 0 Å². The van der Waals surface area contributed by atoms with Crippen LogP contribution in [0.25, 0.3) is 0 Å². The van der Waals surface area contributed by atoms with Crippen molar-refractivity contribution in [3.8, 4) is 0 Å². The van der Waals surface area contributed by atoms with Crippen LogP contribution >= 0.6 is 0 Å². The Labute approximate surface area is 92.6 Å². The average molecular weight is 209 g/mol. The molecular weight excluding hydrogens is 186 g/mol. The summed E-state index contributed by atoms with van der Waals surface area (Å²) in [4.78, 5) is 5.39. The van der Waals surface area contributed by atoms with Crippen molar-refractivity contribution in [3.63, 3.8) is 0 Å². The molecule has 2 N–H and O–H groups in total. The van der Waals surface area contributed by atoms with E-state index in [0.717, 1.165) is 12.1 Å². The van der Waals surface area contributed by atoms with Crippen LogP contribution in [0.4, 0.5) is 0 Å². The normalized spacial score (nSPS) is 36.2. The zero-order valence-corrected chi connectivity index (χ0v) is 9.57. The van der Waals surface area contributed by atoms with Crippen LogP contribution in [-0.4, -0.2) is 54.1 Å².